The van der Waals surface area contributed by atoms with Crippen molar-refractivity contribution in [1.82, 2.24) is 0 Å². The monoisotopic (exact) mass is 316 g/mol. The quantitative estimate of drug-likeness (QED) is 0.612. The summed E-state index contributed by atoms with van der Waals surface area (Å²) in [6, 6.07) is 0. The van der Waals surface area contributed by atoms with E-state index in [1.807, 2.05) is 0 Å². The topological polar surface area (TPSA) is 25.1 Å². The van der Waals surface area contributed by atoms with Crippen LogP contribution in [0.15, 0.2) is 0 Å². The van der Waals surface area contributed by atoms with Crippen LogP contribution in [-0.4, -0.2) is 24.4 Å². The molecule has 2 saturated heterocycles. The lowest BCUT2D eigenvalue weighted by molar-refractivity contribution is -0.122. The summed E-state index contributed by atoms with van der Waals surface area (Å²) in [5.41, 5.74) is 1.78. The Morgan fingerprint density at radius 3 is 2.30 bits per heavy atom. The van der Waals surface area contributed by atoms with Crippen molar-refractivity contribution in [3.05, 3.63) is 0 Å². The van der Waals surface area contributed by atoms with Gasteiger partial charge in [0.05, 0.1) is 24.4 Å². The second kappa shape index (κ2) is 4.01. The minimum atomic E-state index is 0.318. The Morgan fingerprint density at radius 1 is 0.783 bits per heavy atom. The molecule has 2 heteroatoms. The smallest absolute Gasteiger partial charge is 0.0972 e. The SMILES string of the molecule is CC12CCC3(CO3)CC1CCC1C2CCC2(C)C1CCC21CO1. The van der Waals surface area contributed by atoms with Crippen molar-refractivity contribution >= 4 is 0 Å². The second-order valence-corrected chi connectivity index (χ2v) is 10.6. The van der Waals surface area contributed by atoms with Gasteiger partial charge < -0.3 is 9.47 Å². The number of hydrogen-bond donors (Lipinski definition) is 0. The number of rotatable bonds is 0. The second-order valence-electron chi connectivity index (χ2n) is 10.6. The Kier molecular flexibility index (Phi) is 2.46. The van der Waals surface area contributed by atoms with Crippen molar-refractivity contribution in [3.8, 4) is 0 Å². The third-order valence-corrected chi connectivity index (χ3v) is 10.1. The van der Waals surface area contributed by atoms with E-state index >= 15 is 0 Å². The van der Waals surface area contributed by atoms with Gasteiger partial charge in [-0.25, -0.2) is 0 Å². The van der Waals surface area contributed by atoms with Gasteiger partial charge in [0.2, 0.25) is 0 Å². The fraction of sp³-hybridized carbons (Fsp3) is 1.00. The van der Waals surface area contributed by atoms with Crippen molar-refractivity contribution in [2.45, 2.75) is 82.8 Å². The molecule has 6 rings (SSSR count). The molecule has 4 saturated carbocycles. The molecule has 6 fully saturated rings. The molecule has 0 aromatic heterocycles. The molecule has 0 amide bonds. The summed E-state index contributed by atoms with van der Waals surface area (Å²) in [6.07, 6.45) is 12.8. The first-order valence-electron chi connectivity index (χ1n) is 10.3. The first-order chi connectivity index (χ1) is 11.0. The molecular formula is C21H32O2. The zero-order chi connectivity index (χ0) is 15.5. The van der Waals surface area contributed by atoms with Gasteiger partial charge in [-0.2, -0.15) is 0 Å². The lowest BCUT2D eigenvalue weighted by Gasteiger charge is -2.60. The maximum atomic E-state index is 6.06. The molecule has 0 bridgehead atoms. The van der Waals surface area contributed by atoms with E-state index in [1.165, 1.54) is 57.8 Å². The molecule has 2 aliphatic heterocycles. The molecule has 0 aromatic rings. The normalized spacial score (nSPS) is 66.0. The van der Waals surface area contributed by atoms with Crippen LogP contribution in [0.3, 0.4) is 0 Å². The maximum Gasteiger partial charge on any atom is 0.0972 e. The van der Waals surface area contributed by atoms with Crippen molar-refractivity contribution < 1.29 is 9.47 Å². The molecule has 8 atom stereocenters. The van der Waals surface area contributed by atoms with E-state index in [4.69, 9.17) is 9.47 Å². The van der Waals surface area contributed by atoms with E-state index < -0.39 is 0 Å². The Balaban J connectivity index is 1.32. The fourth-order valence-corrected chi connectivity index (χ4v) is 8.33. The molecule has 4 aliphatic carbocycles. The average molecular weight is 316 g/mol. The summed E-state index contributed by atoms with van der Waals surface area (Å²) in [5, 5.41) is 0. The van der Waals surface area contributed by atoms with Gasteiger partial charge in [0.15, 0.2) is 0 Å². The molecule has 8 unspecified atom stereocenters. The molecule has 2 spiro atoms. The van der Waals surface area contributed by atoms with Crippen LogP contribution in [0.4, 0.5) is 0 Å². The summed E-state index contributed by atoms with van der Waals surface area (Å²) >= 11 is 0. The minimum Gasteiger partial charge on any atom is -0.370 e. The molecule has 6 aliphatic rings. The van der Waals surface area contributed by atoms with Crippen molar-refractivity contribution in [1.29, 1.82) is 0 Å². The van der Waals surface area contributed by atoms with E-state index in [-0.39, 0.29) is 0 Å². The van der Waals surface area contributed by atoms with Gasteiger partial charge in [-0.05, 0) is 86.9 Å². The van der Waals surface area contributed by atoms with Gasteiger partial charge in [-0.1, -0.05) is 13.8 Å². The van der Waals surface area contributed by atoms with Gasteiger partial charge in [-0.15, -0.1) is 0 Å². The van der Waals surface area contributed by atoms with Crippen LogP contribution >= 0.6 is 0 Å². The van der Waals surface area contributed by atoms with Crippen LogP contribution in [0, 0.1) is 34.5 Å². The summed E-state index contributed by atoms with van der Waals surface area (Å²) < 4.78 is 11.9. The van der Waals surface area contributed by atoms with Crippen LogP contribution in [-0.2, 0) is 9.47 Å². The van der Waals surface area contributed by atoms with E-state index in [9.17, 15) is 0 Å². The first kappa shape index (κ1) is 14.1. The lowest BCUT2D eigenvalue weighted by atomic mass is 9.44. The van der Waals surface area contributed by atoms with Crippen LogP contribution < -0.4 is 0 Å². The molecule has 2 heterocycles. The third-order valence-electron chi connectivity index (χ3n) is 10.1. The Bertz CT molecular complexity index is 548. The highest BCUT2D eigenvalue weighted by molar-refractivity contribution is 5.19. The maximum absolute atomic E-state index is 6.06. The molecular weight excluding hydrogens is 284 g/mol. The number of epoxide rings is 2. The van der Waals surface area contributed by atoms with Gasteiger partial charge >= 0.3 is 0 Å². The number of fused-ring (bicyclic) bond motifs is 6. The zero-order valence-corrected chi connectivity index (χ0v) is 14.9. The third kappa shape index (κ3) is 1.59. The van der Waals surface area contributed by atoms with Gasteiger partial charge in [0, 0.05) is 5.41 Å². The molecule has 0 radical (unpaired) electrons. The molecule has 0 aromatic carbocycles. The predicted molar refractivity (Wildman–Crippen MR) is 89.1 cm³/mol. The van der Waals surface area contributed by atoms with Crippen molar-refractivity contribution in [2.75, 3.05) is 13.2 Å². The Hall–Kier alpha value is -0.0800. The molecule has 128 valence electrons. The average Bonchev–Trinajstić information content (AvgIpc) is 3.43. The number of hydrogen-bond acceptors (Lipinski definition) is 2. The Morgan fingerprint density at radius 2 is 1.57 bits per heavy atom. The van der Waals surface area contributed by atoms with Crippen LogP contribution in [0.2, 0.25) is 0 Å². The summed E-state index contributed by atoms with van der Waals surface area (Å²) in [6.45, 7) is 7.40. The van der Waals surface area contributed by atoms with Crippen molar-refractivity contribution in [3.63, 3.8) is 0 Å². The number of ether oxygens (including phenoxy) is 2. The molecule has 23 heavy (non-hydrogen) atoms. The van der Waals surface area contributed by atoms with E-state index in [2.05, 4.69) is 13.8 Å². The van der Waals surface area contributed by atoms with E-state index in [0.29, 0.717) is 22.0 Å². The zero-order valence-electron chi connectivity index (χ0n) is 14.9. The highest BCUT2D eigenvalue weighted by atomic mass is 16.6. The van der Waals surface area contributed by atoms with Crippen LogP contribution in [0.25, 0.3) is 0 Å². The van der Waals surface area contributed by atoms with Crippen molar-refractivity contribution in [2.24, 2.45) is 34.5 Å². The Labute approximate surface area is 140 Å². The van der Waals surface area contributed by atoms with Gasteiger partial charge in [0.25, 0.3) is 0 Å². The van der Waals surface area contributed by atoms with E-state index in [0.717, 1.165) is 36.9 Å². The minimum absolute atomic E-state index is 0.318. The largest absolute Gasteiger partial charge is 0.370 e. The summed E-state index contributed by atoms with van der Waals surface area (Å²) in [7, 11) is 0. The highest BCUT2D eigenvalue weighted by Crippen LogP contribution is 2.72. The predicted octanol–water partition coefficient (Wildman–Crippen LogP) is 4.57. The lowest BCUT2D eigenvalue weighted by Crippen LogP contribution is -2.55. The van der Waals surface area contributed by atoms with Gasteiger partial charge in [0.1, 0.15) is 0 Å². The summed E-state index contributed by atoms with van der Waals surface area (Å²) in [5.74, 6) is 3.88. The van der Waals surface area contributed by atoms with Gasteiger partial charge in [-0.3, -0.25) is 0 Å². The van der Waals surface area contributed by atoms with Crippen LogP contribution in [0.1, 0.15) is 71.6 Å². The first-order valence-corrected chi connectivity index (χ1v) is 10.3. The fourth-order valence-electron chi connectivity index (χ4n) is 8.33. The molecule has 0 N–H and O–H groups in total. The van der Waals surface area contributed by atoms with Crippen LogP contribution in [0.5, 0.6) is 0 Å². The standard InChI is InChI=1S/C21H32O2/c1-18-9-10-20(12-22-20)11-14(18)3-4-15-16(18)5-7-19(2)17(15)6-8-21(19)13-23-21/h14-17H,3-13H2,1-2H3. The van der Waals surface area contributed by atoms with E-state index in [1.54, 1.807) is 0 Å². The molecule has 2 nitrogen and oxygen atoms in total. The highest BCUT2D eigenvalue weighted by Gasteiger charge is 2.70. The summed E-state index contributed by atoms with van der Waals surface area (Å²) in [4.78, 5) is 0.